The first-order valence-corrected chi connectivity index (χ1v) is 7.90. The smallest absolute Gasteiger partial charge is 0.248 e. The maximum absolute atomic E-state index is 12.5. The van der Waals surface area contributed by atoms with E-state index in [9.17, 15) is 8.42 Å². The van der Waals surface area contributed by atoms with Crippen molar-refractivity contribution in [3.8, 4) is 0 Å². The Kier molecular flexibility index (Phi) is 4.12. The average Bonchev–Trinajstić information content (AvgIpc) is 2.70. The highest BCUT2D eigenvalue weighted by atomic mass is 32.2. The predicted octanol–water partition coefficient (Wildman–Crippen LogP) is -0.281. The first-order chi connectivity index (χ1) is 8.95. The van der Waals surface area contributed by atoms with Gasteiger partial charge in [0, 0.05) is 39.4 Å². The number of nitrogens with two attached hydrogens (primary N) is 1. The molecule has 1 aliphatic rings. The van der Waals surface area contributed by atoms with E-state index in [1.165, 1.54) is 15.2 Å². The zero-order chi connectivity index (χ0) is 14.0. The van der Waals surface area contributed by atoms with Crippen molar-refractivity contribution in [3.05, 3.63) is 6.20 Å². The van der Waals surface area contributed by atoms with Gasteiger partial charge in [-0.25, -0.2) is 8.42 Å². The van der Waals surface area contributed by atoms with Crippen LogP contribution in [0.5, 0.6) is 0 Å². The normalized spacial score (nSPS) is 18.8. The molecule has 0 bridgehead atoms. The molecule has 2 N–H and O–H groups in total. The Balaban J connectivity index is 2.12. The van der Waals surface area contributed by atoms with Gasteiger partial charge >= 0.3 is 0 Å². The highest BCUT2D eigenvalue weighted by molar-refractivity contribution is 7.89. The molecule has 19 heavy (non-hydrogen) atoms. The van der Waals surface area contributed by atoms with E-state index in [-0.39, 0.29) is 10.7 Å². The van der Waals surface area contributed by atoms with Crippen LogP contribution in [0.25, 0.3) is 0 Å². The van der Waals surface area contributed by atoms with Gasteiger partial charge in [0.15, 0.2) is 5.82 Å². The number of nitrogen functional groups attached to an aromatic ring is 1. The number of nitrogens with zero attached hydrogens (tertiary/aromatic N) is 4. The van der Waals surface area contributed by atoms with Gasteiger partial charge in [0.2, 0.25) is 10.0 Å². The van der Waals surface area contributed by atoms with Crippen LogP contribution < -0.4 is 5.73 Å². The van der Waals surface area contributed by atoms with Crippen molar-refractivity contribution in [1.29, 1.82) is 0 Å². The summed E-state index contributed by atoms with van der Waals surface area (Å²) in [6, 6.07) is 0. The van der Waals surface area contributed by atoms with Crippen LogP contribution >= 0.6 is 0 Å². The average molecular weight is 287 g/mol. The van der Waals surface area contributed by atoms with Crippen molar-refractivity contribution in [2.24, 2.45) is 7.05 Å². The van der Waals surface area contributed by atoms with Crippen LogP contribution in [0.3, 0.4) is 0 Å². The molecule has 0 spiro atoms. The lowest BCUT2D eigenvalue weighted by Crippen LogP contribution is -2.48. The fourth-order valence-corrected chi connectivity index (χ4v) is 3.84. The number of piperazine rings is 1. The number of aromatic nitrogens is 2. The summed E-state index contributed by atoms with van der Waals surface area (Å²) < 4.78 is 27.8. The molecular formula is C11H21N5O2S. The SMILES string of the molecule is CCCN1CCN(S(=O)(=O)c2cn(C)nc2N)CC1. The van der Waals surface area contributed by atoms with E-state index in [4.69, 9.17) is 5.73 Å². The van der Waals surface area contributed by atoms with Crippen molar-refractivity contribution in [3.63, 3.8) is 0 Å². The predicted molar refractivity (Wildman–Crippen MR) is 73.1 cm³/mol. The quantitative estimate of drug-likeness (QED) is 0.823. The van der Waals surface area contributed by atoms with Crippen molar-refractivity contribution in [2.75, 3.05) is 38.5 Å². The Morgan fingerprint density at radius 2 is 1.95 bits per heavy atom. The molecule has 0 aliphatic carbocycles. The Hall–Kier alpha value is -1.12. The maximum atomic E-state index is 12.5. The monoisotopic (exact) mass is 287 g/mol. The Labute approximate surface area is 114 Å². The van der Waals surface area contributed by atoms with Crippen LogP contribution in [0.15, 0.2) is 11.1 Å². The third kappa shape index (κ3) is 2.90. The van der Waals surface area contributed by atoms with Crippen LogP contribution in [0.2, 0.25) is 0 Å². The summed E-state index contributed by atoms with van der Waals surface area (Å²) in [5.41, 5.74) is 5.66. The summed E-state index contributed by atoms with van der Waals surface area (Å²) in [6.07, 6.45) is 2.55. The molecule has 1 aromatic heterocycles. The van der Waals surface area contributed by atoms with Gasteiger partial charge in [-0.2, -0.15) is 9.40 Å². The molecule has 1 aliphatic heterocycles. The van der Waals surface area contributed by atoms with Gasteiger partial charge in [0.05, 0.1) is 0 Å². The molecule has 2 rings (SSSR count). The van der Waals surface area contributed by atoms with E-state index in [1.54, 1.807) is 7.05 Å². The molecule has 108 valence electrons. The summed E-state index contributed by atoms with van der Waals surface area (Å²) in [6.45, 7) is 5.70. The van der Waals surface area contributed by atoms with Gasteiger partial charge < -0.3 is 10.6 Å². The Bertz CT molecular complexity index is 531. The van der Waals surface area contributed by atoms with Crippen molar-refractivity contribution >= 4 is 15.8 Å². The molecule has 7 nitrogen and oxygen atoms in total. The van der Waals surface area contributed by atoms with Crippen molar-refractivity contribution in [1.82, 2.24) is 19.0 Å². The Morgan fingerprint density at radius 3 is 2.42 bits per heavy atom. The van der Waals surface area contributed by atoms with Gasteiger partial charge in [0.25, 0.3) is 0 Å². The minimum atomic E-state index is -3.51. The zero-order valence-electron chi connectivity index (χ0n) is 11.4. The molecule has 1 aromatic rings. The van der Waals surface area contributed by atoms with E-state index in [2.05, 4.69) is 16.9 Å². The molecule has 0 radical (unpaired) electrons. The van der Waals surface area contributed by atoms with Gasteiger partial charge in [0.1, 0.15) is 4.90 Å². The van der Waals surface area contributed by atoms with Crippen LogP contribution in [-0.4, -0.2) is 60.1 Å². The third-order valence-electron chi connectivity index (χ3n) is 3.31. The van der Waals surface area contributed by atoms with Gasteiger partial charge in [-0.1, -0.05) is 6.92 Å². The highest BCUT2D eigenvalue weighted by Crippen LogP contribution is 2.21. The number of aryl methyl sites for hydroxylation is 1. The summed E-state index contributed by atoms with van der Waals surface area (Å²) in [7, 11) is -1.85. The summed E-state index contributed by atoms with van der Waals surface area (Å²) >= 11 is 0. The lowest BCUT2D eigenvalue weighted by molar-refractivity contribution is 0.188. The summed E-state index contributed by atoms with van der Waals surface area (Å²) in [5, 5.41) is 3.89. The summed E-state index contributed by atoms with van der Waals surface area (Å²) in [5.74, 6) is 0.0680. The van der Waals surface area contributed by atoms with E-state index < -0.39 is 10.0 Å². The molecule has 0 amide bonds. The number of anilines is 1. The van der Waals surface area contributed by atoms with Crippen molar-refractivity contribution in [2.45, 2.75) is 18.2 Å². The molecule has 0 atom stereocenters. The molecule has 2 heterocycles. The zero-order valence-corrected chi connectivity index (χ0v) is 12.2. The topological polar surface area (TPSA) is 84.5 Å². The number of hydrogen-bond donors (Lipinski definition) is 1. The number of hydrogen-bond acceptors (Lipinski definition) is 5. The van der Waals surface area contributed by atoms with Gasteiger partial charge in [-0.15, -0.1) is 0 Å². The first-order valence-electron chi connectivity index (χ1n) is 6.46. The van der Waals surface area contributed by atoms with Gasteiger partial charge in [-0.05, 0) is 13.0 Å². The van der Waals surface area contributed by atoms with E-state index in [0.29, 0.717) is 13.1 Å². The molecule has 0 saturated carbocycles. The van der Waals surface area contributed by atoms with E-state index >= 15 is 0 Å². The van der Waals surface area contributed by atoms with E-state index in [0.717, 1.165) is 26.1 Å². The van der Waals surface area contributed by atoms with E-state index in [1.807, 2.05) is 0 Å². The lowest BCUT2D eigenvalue weighted by Gasteiger charge is -2.33. The second-order valence-corrected chi connectivity index (χ2v) is 6.70. The Morgan fingerprint density at radius 1 is 1.32 bits per heavy atom. The molecular weight excluding hydrogens is 266 g/mol. The number of rotatable bonds is 4. The first kappa shape index (κ1) is 14.3. The molecule has 1 saturated heterocycles. The van der Waals surface area contributed by atoms with Crippen molar-refractivity contribution < 1.29 is 8.42 Å². The fourth-order valence-electron chi connectivity index (χ4n) is 2.33. The highest BCUT2D eigenvalue weighted by Gasteiger charge is 2.31. The van der Waals surface area contributed by atoms with Crippen LogP contribution in [-0.2, 0) is 17.1 Å². The summed E-state index contributed by atoms with van der Waals surface area (Å²) in [4.78, 5) is 2.39. The minimum absolute atomic E-state index is 0.0680. The molecule has 0 unspecified atom stereocenters. The second kappa shape index (κ2) is 5.48. The third-order valence-corrected chi connectivity index (χ3v) is 5.23. The molecule has 0 aromatic carbocycles. The largest absolute Gasteiger partial charge is 0.381 e. The van der Waals surface area contributed by atoms with Crippen LogP contribution in [0.1, 0.15) is 13.3 Å². The lowest BCUT2D eigenvalue weighted by atomic mass is 10.3. The van der Waals surface area contributed by atoms with Gasteiger partial charge in [-0.3, -0.25) is 4.68 Å². The molecule has 1 fully saturated rings. The minimum Gasteiger partial charge on any atom is -0.381 e. The standard InChI is InChI=1S/C11H21N5O2S/c1-3-4-15-5-7-16(8-6-15)19(17,18)10-9-14(2)13-11(10)12/h9H,3-8H2,1-2H3,(H2,12,13). The van der Waals surface area contributed by atoms with Crippen LogP contribution in [0.4, 0.5) is 5.82 Å². The maximum Gasteiger partial charge on any atom is 0.248 e. The second-order valence-electron chi connectivity index (χ2n) is 4.80. The van der Waals surface area contributed by atoms with Crippen LogP contribution in [0, 0.1) is 0 Å². The number of sulfonamides is 1. The molecule has 8 heteroatoms. The fraction of sp³-hybridized carbons (Fsp3) is 0.727.